The van der Waals surface area contributed by atoms with Gasteiger partial charge < -0.3 is 19.6 Å². The highest BCUT2D eigenvalue weighted by Gasteiger charge is 2.31. The summed E-state index contributed by atoms with van der Waals surface area (Å²) in [4.78, 5) is 24.1. The van der Waals surface area contributed by atoms with Crippen LogP contribution in [0.5, 0.6) is 11.5 Å². The fourth-order valence-electron chi connectivity index (χ4n) is 5.25. The molecule has 0 aromatic heterocycles. The number of anilines is 1. The lowest BCUT2D eigenvalue weighted by Gasteiger charge is -2.35. The molecule has 4 rings (SSSR count). The second kappa shape index (κ2) is 12.7. The summed E-state index contributed by atoms with van der Waals surface area (Å²) in [6.45, 7) is 4.60. The molecule has 37 heavy (non-hydrogen) atoms. The van der Waals surface area contributed by atoms with Crippen LogP contribution in [0.3, 0.4) is 0 Å². The van der Waals surface area contributed by atoms with E-state index >= 15 is 0 Å². The van der Waals surface area contributed by atoms with Gasteiger partial charge in [-0.2, -0.15) is 5.10 Å². The maximum atomic E-state index is 12.1. The minimum atomic E-state index is -0.306. The first-order valence-corrected chi connectivity index (χ1v) is 13.6. The van der Waals surface area contributed by atoms with Crippen molar-refractivity contribution in [2.45, 2.75) is 83.9 Å². The van der Waals surface area contributed by atoms with Gasteiger partial charge in [0.15, 0.2) is 11.5 Å². The van der Waals surface area contributed by atoms with E-state index in [4.69, 9.17) is 14.6 Å². The number of carbonyl (C=O) groups is 2. The van der Waals surface area contributed by atoms with Gasteiger partial charge in [-0.15, -0.1) is 0 Å². The van der Waals surface area contributed by atoms with Crippen molar-refractivity contribution in [3.05, 3.63) is 53.6 Å². The normalized spacial score (nSPS) is 19.9. The van der Waals surface area contributed by atoms with Crippen LogP contribution in [0.4, 0.5) is 5.69 Å². The summed E-state index contributed by atoms with van der Waals surface area (Å²) in [7, 11) is 1.67. The Morgan fingerprint density at radius 1 is 1.14 bits per heavy atom. The molecule has 1 heterocycles. The van der Waals surface area contributed by atoms with E-state index in [0.29, 0.717) is 19.4 Å². The molecule has 1 saturated carbocycles. The van der Waals surface area contributed by atoms with Crippen LogP contribution in [0.1, 0.15) is 76.3 Å². The largest absolute Gasteiger partial charge is 0.493 e. The van der Waals surface area contributed by atoms with Crippen molar-refractivity contribution in [3.63, 3.8) is 0 Å². The van der Waals surface area contributed by atoms with Crippen molar-refractivity contribution in [1.29, 1.82) is 0 Å². The van der Waals surface area contributed by atoms with Crippen LogP contribution in [-0.2, 0) is 16.1 Å². The van der Waals surface area contributed by atoms with Gasteiger partial charge in [0, 0.05) is 23.6 Å². The maximum Gasteiger partial charge on any atom is 0.224 e. The first-order chi connectivity index (χ1) is 18.0. The minimum Gasteiger partial charge on any atom is -0.493 e. The molecule has 7 nitrogen and oxygen atoms in total. The molecular formula is C30H39N3O4. The molecule has 1 amide bonds. The van der Waals surface area contributed by atoms with E-state index in [2.05, 4.69) is 12.2 Å². The molecule has 0 radical (unpaired) electrons. The predicted octanol–water partition coefficient (Wildman–Crippen LogP) is 5.96. The third-order valence-corrected chi connectivity index (χ3v) is 7.27. The van der Waals surface area contributed by atoms with E-state index in [1.807, 2.05) is 54.4 Å². The predicted molar refractivity (Wildman–Crippen MR) is 146 cm³/mol. The molecule has 0 spiro atoms. The van der Waals surface area contributed by atoms with E-state index in [9.17, 15) is 9.59 Å². The zero-order valence-electron chi connectivity index (χ0n) is 22.2. The topological polar surface area (TPSA) is 80.2 Å². The van der Waals surface area contributed by atoms with Crippen molar-refractivity contribution in [2.75, 3.05) is 12.4 Å². The smallest absolute Gasteiger partial charge is 0.224 e. The Morgan fingerprint density at radius 2 is 1.95 bits per heavy atom. The quantitative estimate of drug-likeness (QED) is 0.381. The number of hydrazone groups is 1. The summed E-state index contributed by atoms with van der Waals surface area (Å²) in [5.41, 5.74) is 3.71. The molecule has 1 aliphatic carbocycles. The molecule has 1 fully saturated rings. The Balaban J connectivity index is 1.61. The fourth-order valence-corrected chi connectivity index (χ4v) is 5.25. The molecule has 7 heteroatoms. The Morgan fingerprint density at radius 3 is 2.65 bits per heavy atom. The summed E-state index contributed by atoms with van der Waals surface area (Å²) >= 11 is 0. The number of amides is 1. The lowest BCUT2D eigenvalue weighted by molar-refractivity contribution is -0.116. The Kier molecular flexibility index (Phi) is 9.20. The van der Waals surface area contributed by atoms with Crippen LogP contribution < -0.4 is 14.8 Å². The van der Waals surface area contributed by atoms with E-state index in [-0.39, 0.29) is 24.0 Å². The van der Waals surface area contributed by atoms with Gasteiger partial charge in [0.05, 0.1) is 25.5 Å². The molecule has 0 saturated heterocycles. The van der Waals surface area contributed by atoms with Crippen LogP contribution >= 0.6 is 0 Å². The van der Waals surface area contributed by atoms with E-state index in [1.165, 1.54) is 12.8 Å². The van der Waals surface area contributed by atoms with Gasteiger partial charge in [-0.3, -0.25) is 9.80 Å². The van der Waals surface area contributed by atoms with Gasteiger partial charge in [-0.1, -0.05) is 26.0 Å². The molecule has 2 aromatic rings. The number of hydrogen-bond donors (Lipinski definition) is 1. The highest BCUT2D eigenvalue weighted by molar-refractivity contribution is 6.03. The molecule has 1 aliphatic heterocycles. The van der Waals surface area contributed by atoms with E-state index in [0.717, 1.165) is 66.0 Å². The van der Waals surface area contributed by atoms with Gasteiger partial charge in [-0.05, 0) is 80.8 Å². The summed E-state index contributed by atoms with van der Waals surface area (Å²) in [5.74, 6) is 1.65. The first-order valence-electron chi connectivity index (χ1n) is 13.6. The van der Waals surface area contributed by atoms with Crippen molar-refractivity contribution in [1.82, 2.24) is 5.01 Å². The Hall–Kier alpha value is -3.35. The minimum absolute atomic E-state index is 0.00428. The molecule has 2 aromatic carbocycles. The zero-order valence-corrected chi connectivity index (χ0v) is 22.2. The number of nitrogens with one attached hydrogen (secondary N) is 1. The monoisotopic (exact) mass is 505 g/mol. The van der Waals surface area contributed by atoms with Gasteiger partial charge in [0.2, 0.25) is 5.91 Å². The zero-order chi connectivity index (χ0) is 26.2. The number of methoxy groups -OCH3 is 1. The third-order valence-electron chi connectivity index (χ3n) is 7.27. The second-order valence-electron chi connectivity index (χ2n) is 10.0. The lowest BCUT2D eigenvalue weighted by atomic mass is 9.87. The van der Waals surface area contributed by atoms with Gasteiger partial charge in [0.25, 0.3) is 0 Å². The average Bonchev–Trinajstić information content (AvgIpc) is 3.42. The molecular weight excluding hydrogens is 466 g/mol. The van der Waals surface area contributed by atoms with Crippen LogP contribution in [0.15, 0.2) is 47.6 Å². The van der Waals surface area contributed by atoms with Crippen LogP contribution in [0.2, 0.25) is 0 Å². The molecule has 0 bridgehead atoms. The fraction of sp³-hybridized carbons (Fsp3) is 0.500. The SMILES string of the molecule is CCCC(=O)Nc1cccc(CN2N=C(c3ccc(OC)c(OC4CCCC4)c3)C(CC)CC2C=O)c1. The van der Waals surface area contributed by atoms with Crippen molar-refractivity contribution in [3.8, 4) is 11.5 Å². The standard InChI is InChI=1S/C30H39N3O4/c1-4-9-29(35)31-24-11-8-10-21(16-24)19-33-25(20-34)17-22(5-2)30(32-33)23-14-15-27(36-3)28(18-23)37-26-12-6-7-13-26/h8,10-11,14-16,18,20,22,25-26H,4-7,9,12-13,17,19H2,1-3H3,(H,31,35). The highest BCUT2D eigenvalue weighted by Crippen LogP contribution is 2.35. The summed E-state index contributed by atoms with van der Waals surface area (Å²) < 4.78 is 11.9. The number of benzene rings is 2. The molecule has 2 unspecified atom stereocenters. The number of rotatable bonds is 11. The van der Waals surface area contributed by atoms with Crippen molar-refractivity contribution >= 4 is 23.6 Å². The van der Waals surface area contributed by atoms with Crippen LogP contribution in [0, 0.1) is 5.92 Å². The highest BCUT2D eigenvalue weighted by atomic mass is 16.5. The third kappa shape index (κ3) is 6.70. The Bertz CT molecular complexity index is 1110. The van der Waals surface area contributed by atoms with Gasteiger partial charge in [-0.25, -0.2) is 0 Å². The maximum absolute atomic E-state index is 12.1. The van der Waals surface area contributed by atoms with Gasteiger partial charge >= 0.3 is 0 Å². The van der Waals surface area contributed by atoms with E-state index in [1.54, 1.807) is 7.11 Å². The number of hydrogen-bond acceptors (Lipinski definition) is 6. The van der Waals surface area contributed by atoms with Crippen molar-refractivity contribution in [2.24, 2.45) is 11.0 Å². The lowest BCUT2D eigenvalue weighted by Crippen LogP contribution is -2.41. The summed E-state index contributed by atoms with van der Waals surface area (Å²) in [5, 5.41) is 9.87. The van der Waals surface area contributed by atoms with Crippen molar-refractivity contribution < 1.29 is 19.1 Å². The van der Waals surface area contributed by atoms with Crippen LogP contribution in [0.25, 0.3) is 0 Å². The molecule has 2 aliphatic rings. The molecule has 1 N–H and O–H groups in total. The number of ether oxygens (including phenoxy) is 2. The molecule has 198 valence electrons. The van der Waals surface area contributed by atoms with Gasteiger partial charge in [0.1, 0.15) is 12.3 Å². The first kappa shape index (κ1) is 26.7. The second-order valence-corrected chi connectivity index (χ2v) is 10.0. The number of nitrogens with zero attached hydrogens (tertiary/aromatic N) is 2. The van der Waals surface area contributed by atoms with Crippen LogP contribution in [-0.4, -0.2) is 42.2 Å². The summed E-state index contributed by atoms with van der Waals surface area (Å²) in [6.07, 6.45) is 8.64. The number of aldehydes is 1. The van der Waals surface area contributed by atoms with E-state index < -0.39 is 0 Å². The Labute approximate surface area is 220 Å². The molecule has 2 atom stereocenters. The number of carbonyl (C=O) groups excluding carboxylic acids is 2. The average molecular weight is 506 g/mol. The summed E-state index contributed by atoms with van der Waals surface area (Å²) in [6, 6.07) is 13.5.